The van der Waals surface area contributed by atoms with Crippen LogP contribution in [0.4, 0.5) is 5.69 Å². The first kappa shape index (κ1) is 23.4. The van der Waals surface area contributed by atoms with Crippen LogP contribution in [-0.2, 0) is 11.4 Å². The van der Waals surface area contributed by atoms with E-state index in [0.29, 0.717) is 28.6 Å². The molecule has 0 aliphatic heterocycles. The largest absolute Gasteiger partial charge is 0.489 e. The molecule has 0 spiro atoms. The second-order valence-corrected chi connectivity index (χ2v) is 8.96. The Bertz CT molecular complexity index is 1190. The van der Waals surface area contributed by atoms with E-state index in [1.54, 1.807) is 36.4 Å². The highest BCUT2D eigenvalue weighted by atomic mass is 79.9. The lowest BCUT2D eigenvalue weighted by atomic mass is 10.1. The van der Waals surface area contributed by atoms with Crippen molar-refractivity contribution in [2.24, 2.45) is 0 Å². The first-order chi connectivity index (χ1) is 14.9. The lowest BCUT2D eigenvalue weighted by molar-refractivity contribution is -0.112. The highest BCUT2D eigenvalue weighted by Gasteiger charge is 2.12. The molecule has 4 nitrogen and oxygen atoms in total. The number of nitrogens with one attached hydrogen (secondary N) is 1. The summed E-state index contributed by atoms with van der Waals surface area (Å²) < 4.78 is 7.74. The van der Waals surface area contributed by atoms with Gasteiger partial charge in [-0.1, -0.05) is 73.3 Å². The average Bonchev–Trinajstić information content (AvgIpc) is 2.74. The predicted molar refractivity (Wildman–Crippen MR) is 131 cm³/mol. The Morgan fingerprint density at radius 1 is 1.06 bits per heavy atom. The zero-order valence-corrected chi connectivity index (χ0v) is 20.5. The van der Waals surface area contributed by atoms with Gasteiger partial charge in [-0.25, -0.2) is 0 Å². The molecule has 31 heavy (non-hydrogen) atoms. The summed E-state index contributed by atoms with van der Waals surface area (Å²) in [7, 11) is 0. The fourth-order valence-corrected chi connectivity index (χ4v) is 4.17. The summed E-state index contributed by atoms with van der Waals surface area (Å²) in [6, 6.07) is 19.6. The molecular formula is C23H14Br2Cl2N2O2. The number of nitriles is 1. The summed E-state index contributed by atoms with van der Waals surface area (Å²) in [6.45, 7) is 0.400. The predicted octanol–water partition coefficient (Wildman–Crippen LogP) is 7.64. The van der Waals surface area contributed by atoms with Gasteiger partial charge in [0.2, 0.25) is 0 Å². The maximum absolute atomic E-state index is 12.4. The van der Waals surface area contributed by atoms with Crippen molar-refractivity contribution >= 4 is 72.7 Å². The van der Waals surface area contributed by atoms with Crippen LogP contribution in [0.2, 0.25) is 10.0 Å². The van der Waals surface area contributed by atoms with E-state index in [1.807, 2.05) is 24.3 Å². The second-order valence-electron chi connectivity index (χ2n) is 6.34. The number of ether oxygens (including phenoxy) is 1. The Morgan fingerprint density at radius 3 is 2.45 bits per heavy atom. The first-order valence-corrected chi connectivity index (χ1v) is 11.2. The number of carbonyl (C=O) groups excluding carboxylic acids is 1. The zero-order valence-electron chi connectivity index (χ0n) is 15.8. The van der Waals surface area contributed by atoms with Crippen molar-refractivity contribution in [2.45, 2.75) is 6.61 Å². The van der Waals surface area contributed by atoms with E-state index in [9.17, 15) is 10.1 Å². The molecule has 0 unspecified atom stereocenters. The Morgan fingerprint density at radius 2 is 1.81 bits per heavy atom. The molecule has 3 aromatic carbocycles. The molecule has 156 valence electrons. The molecular weight excluding hydrogens is 567 g/mol. The molecule has 0 heterocycles. The van der Waals surface area contributed by atoms with Crippen molar-refractivity contribution in [3.8, 4) is 11.8 Å². The SMILES string of the molecule is N#C/C(=C/c1ccc(OCc2ccc(Br)cc2Br)cc1)C(=O)Nc1ccc(Cl)cc1Cl. The minimum absolute atomic E-state index is 0.0570. The van der Waals surface area contributed by atoms with Crippen LogP contribution in [0, 0.1) is 11.3 Å². The van der Waals surface area contributed by atoms with E-state index < -0.39 is 5.91 Å². The van der Waals surface area contributed by atoms with Crippen LogP contribution in [0.1, 0.15) is 11.1 Å². The van der Waals surface area contributed by atoms with Crippen molar-refractivity contribution in [3.63, 3.8) is 0 Å². The minimum atomic E-state index is -0.563. The number of hydrogen-bond acceptors (Lipinski definition) is 3. The fraction of sp³-hybridized carbons (Fsp3) is 0.0435. The Labute approximate surface area is 206 Å². The number of carbonyl (C=O) groups is 1. The van der Waals surface area contributed by atoms with Crippen molar-refractivity contribution in [1.29, 1.82) is 5.26 Å². The van der Waals surface area contributed by atoms with Gasteiger partial charge in [0, 0.05) is 19.5 Å². The van der Waals surface area contributed by atoms with Crippen LogP contribution in [0.3, 0.4) is 0 Å². The van der Waals surface area contributed by atoms with Crippen molar-refractivity contribution in [1.82, 2.24) is 0 Å². The molecule has 3 aromatic rings. The van der Waals surface area contributed by atoms with Gasteiger partial charge in [-0.05, 0) is 54.1 Å². The van der Waals surface area contributed by atoms with E-state index in [4.69, 9.17) is 27.9 Å². The molecule has 0 fully saturated rings. The highest BCUT2D eigenvalue weighted by molar-refractivity contribution is 9.11. The maximum Gasteiger partial charge on any atom is 0.266 e. The first-order valence-electron chi connectivity index (χ1n) is 8.90. The third-order valence-corrected chi connectivity index (χ3v) is 5.92. The number of anilines is 1. The normalized spacial score (nSPS) is 11.0. The van der Waals surface area contributed by atoms with E-state index in [2.05, 4.69) is 37.2 Å². The van der Waals surface area contributed by atoms with Crippen LogP contribution in [0.15, 0.2) is 75.2 Å². The van der Waals surface area contributed by atoms with Crippen LogP contribution < -0.4 is 10.1 Å². The molecule has 1 N–H and O–H groups in total. The molecule has 0 aliphatic rings. The minimum Gasteiger partial charge on any atom is -0.489 e. The third kappa shape index (κ3) is 6.59. The molecule has 0 saturated heterocycles. The van der Waals surface area contributed by atoms with Crippen LogP contribution in [-0.4, -0.2) is 5.91 Å². The van der Waals surface area contributed by atoms with Gasteiger partial charge in [-0.2, -0.15) is 5.26 Å². The number of benzene rings is 3. The van der Waals surface area contributed by atoms with Crippen molar-refractivity contribution < 1.29 is 9.53 Å². The molecule has 8 heteroatoms. The smallest absolute Gasteiger partial charge is 0.266 e. The average molecular weight is 581 g/mol. The van der Waals surface area contributed by atoms with E-state index >= 15 is 0 Å². The summed E-state index contributed by atoms with van der Waals surface area (Å²) in [5.41, 5.74) is 2.01. The summed E-state index contributed by atoms with van der Waals surface area (Å²) in [6.07, 6.45) is 1.49. The molecule has 0 saturated carbocycles. The Kier molecular flexibility index (Phi) is 8.16. The lowest BCUT2D eigenvalue weighted by Gasteiger charge is -2.09. The van der Waals surface area contributed by atoms with Gasteiger partial charge in [0.15, 0.2) is 0 Å². The van der Waals surface area contributed by atoms with Gasteiger partial charge < -0.3 is 10.1 Å². The maximum atomic E-state index is 12.4. The van der Waals surface area contributed by atoms with Crippen LogP contribution in [0.5, 0.6) is 5.75 Å². The Hall–Kier alpha value is -2.30. The van der Waals surface area contributed by atoms with E-state index in [0.717, 1.165) is 14.5 Å². The van der Waals surface area contributed by atoms with Gasteiger partial charge in [0.25, 0.3) is 5.91 Å². The summed E-state index contributed by atoms with van der Waals surface area (Å²) >= 11 is 18.9. The summed E-state index contributed by atoms with van der Waals surface area (Å²) in [4.78, 5) is 12.4. The number of rotatable bonds is 6. The highest BCUT2D eigenvalue weighted by Crippen LogP contribution is 2.26. The standard InChI is InChI=1S/C23H14Br2Cl2N2O2/c24-17-4-3-15(20(25)10-17)13-31-19-6-1-14(2-7-19)9-16(12-28)23(30)29-22-8-5-18(26)11-21(22)27/h1-11H,13H2,(H,29,30)/b16-9-. The molecule has 0 aromatic heterocycles. The van der Waals surface area contributed by atoms with Crippen LogP contribution >= 0.6 is 55.1 Å². The van der Waals surface area contributed by atoms with Gasteiger partial charge in [-0.3, -0.25) is 4.79 Å². The van der Waals surface area contributed by atoms with Crippen molar-refractivity contribution in [3.05, 3.63) is 96.4 Å². The number of halogens is 4. The van der Waals surface area contributed by atoms with Gasteiger partial charge in [0.05, 0.1) is 10.7 Å². The summed E-state index contributed by atoms with van der Waals surface area (Å²) in [5.74, 6) is 0.106. The molecule has 3 rings (SSSR count). The number of hydrogen-bond donors (Lipinski definition) is 1. The van der Waals surface area contributed by atoms with Gasteiger partial charge in [-0.15, -0.1) is 0 Å². The quantitative estimate of drug-likeness (QED) is 0.241. The lowest BCUT2D eigenvalue weighted by Crippen LogP contribution is -2.13. The Balaban J connectivity index is 1.67. The molecule has 0 radical (unpaired) electrons. The zero-order chi connectivity index (χ0) is 22.4. The molecule has 0 atom stereocenters. The van der Waals surface area contributed by atoms with E-state index in [1.165, 1.54) is 12.1 Å². The molecule has 1 amide bonds. The second kappa shape index (κ2) is 10.8. The van der Waals surface area contributed by atoms with E-state index in [-0.39, 0.29) is 10.6 Å². The van der Waals surface area contributed by atoms with Gasteiger partial charge in [0.1, 0.15) is 24.0 Å². The topological polar surface area (TPSA) is 62.1 Å². The van der Waals surface area contributed by atoms with Crippen LogP contribution in [0.25, 0.3) is 6.08 Å². The molecule has 0 bridgehead atoms. The fourth-order valence-electron chi connectivity index (χ4n) is 2.56. The van der Waals surface area contributed by atoms with Gasteiger partial charge >= 0.3 is 0 Å². The number of nitrogens with zero attached hydrogens (tertiary/aromatic N) is 1. The number of amides is 1. The van der Waals surface area contributed by atoms with Crippen molar-refractivity contribution in [2.75, 3.05) is 5.32 Å². The third-order valence-electron chi connectivity index (χ3n) is 4.14. The monoisotopic (exact) mass is 578 g/mol. The summed E-state index contributed by atoms with van der Waals surface area (Å²) in [5, 5.41) is 12.8. The molecule has 0 aliphatic carbocycles.